The number of nitrogens with one attached hydrogen (secondary N) is 3. The van der Waals surface area contributed by atoms with Crippen molar-refractivity contribution >= 4 is 27.9 Å². The third kappa shape index (κ3) is 2.56. The van der Waals surface area contributed by atoms with Gasteiger partial charge in [-0.3, -0.25) is 0 Å². The maximum Gasteiger partial charge on any atom is 0.348 e. The highest BCUT2D eigenvalue weighted by Crippen LogP contribution is 2.31. The zero-order valence-electron chi connectivity index (χ0n) is 14.4. The Morgan fingerprint density at radius 1 is 1.27 bits per heavy atom. The van der Waals surface area contributed by atoms with Gasteiger partial charge in [0.15, 0.2) is 5.65 Å². The molecule has 0 spiro atoms. The monoisotopic (exact) mass is 365 g/mol. The fraction of sp³-hybridized carbons (Fsp3) is 0.263. The van der Waals surface area contributed by atoms with E-state index in [4.69, 9.17) is 0 Å². The highest BCUT2D eigenvalue weighted by Gasteiger charge is 2.16. The minimum absolute atomic E-state index is 0.202. The third-order valence-electron chi connectivity index (χ3n) is 5.00. The summed E-state index contributed by atoms with van der Waals surface area (Å²) in [6, 6.07) is 13.2. The largest absolute Gasteiger partial charge is 0.348 e. The van der Waals surface area contributed by atoms with Crippen LogP contribution < -0.4 is 16.3 Å². The van der Waals surface area contributed by atoms with Crippen LogP contribution in [0.1, 0.15) is 10.4 Å². The van der Waals surface area contributed by atoms with Crippen molar-refractivity contribution in [3.63, 3.8) is 0 Å². The van der Waals surface area contributed by atoms with Gasteiger partial charge in [0.2, 0.25) is 0 Å². The van der Waals surface area contributed by atoms with Gasteiger partial charge in [-0.05, 0) is 42.3 Å². The second kappa shape index (κ2) is 6.05. The Bertz CT molecular complexity index is 1170. The average Bonchev–Trinajstić information content (AvgIpc) is 3.20. The van der Waals surface area contributed by atoms with E-state index >= 15 is 0 Å². The number of aromatic nitrogens is 3. The van der Waals surface area contributed by atoms with Gasteiger partial charge in [0.05, 0.1) is 5.52 Å². The molecule has 1 saturated heterocycles. The van der Waals surface area contributed by atoms with Crippen LogP contribution in [0.5, 0.6) is 0 Å². The van der Waals surface area contributed by atoms with E-state index < -0.39 is 0 Å². The molecule has 1 aromatic carbocycles. The Balaban J connectivity index is 1.55. The molecule has 0 atom stereocenters. The molecular weight excluding hydrogens is 346 g/mol. The van der Waals surface area contributed by atoms with Crippen LogP contribution >= 0.6 is 11.3 Å². The number of aryl methyl sites for hydroxylation is 1. The van der Waals surface area contributed by atoms with E-state index in [9.17, 15) is 4.79 Å². The summed E-state index contributed by atoms with van der Waals surface area (Å²) in [6.07, 6.45) is 0. The Kier molecular flexibility index (Phi) is 3.66. The van der Waals surface area contributed by atoms with Gasteiger partial charge in [-0.1, -0.05) is 12.1 Å². The predicted molar refractivity (Wildman–Crippen MR) is 105 cm³/mol. The Hall–Kier alpha value is -2.48. The zero-order chi connectivity index (χ0) is 17.7. The number of aromatic amines is 1. The van der Waals surface area contributed by atoms with Crippen LogP contribution in [0.25, 0.3) is 27.0 Å². The van der Waals surface area contributed by atoms with Crippen LogP contribution in [0.2, 0.25) is 0 Å². The van der Waals surface area contributed by atoms with Crippen LogP contribution in [-0.2, 0) is 6.54 Å². The first-order chi connectivity index (χ1) is 12.7. The lowest BCUT2D eigenvalue weighted by atomic mass is 10.1. The fourth-order valence-electron chi connectivity index (χ4n) is 3.42. The summed E-state index contributed by atoms with van der Waals surface area (Å²) < 4.78 is 1.64. The summed E-state index contributed by atoms with van der Waals surface area (Å²) >= 11 is 1.79. The minimum atomic E-state index is -0.202. The summed E-state index contributed by atoms with van der Waals surface area (Å²) in [6.45, 7) is 5.05. The molecule has 0 amide bonds. The van der Waals surface area contributed by atoms with Gasteiger partial charge in [0.1, 0.15) is 0 Å². The van der Waals surface area contributed by atoms with Crippen LogP contribution in [0.15, 0.2) is 41.2 Å². The molecule has 0 aliphatic carbocycles. The van der Waals surface area contributed by atoms with E-state index in [-0.39, 0.29) is 5.69 Å². The number of H-pyrrole nitrogens is 1. The SMILES string of the molecule is Cc1cc2n[nH]c(=O)n2c2cc(-c3ccc(CNC4CNC4)s3)ccc12. The smallest absolute Gasteiger partial charge is 0.314 e. The Labute approximate surface area is 153 Å². The summed E-state index contributed by atoms with van der Waals surface area (Å²) in [5, 5.41) is 14.5. The molecule has 4 aromatic rings. The fourth-order valence-corrected chi connectivity index (χ4v) is 4.37. The van der Waals surface area contributed by atoms with Gasteiger partial charge in [0, 0.05) is 40.8 Å². The molecule has 1 aliphatic rings. The Morgan fingerprint density at radius 3 is 2.96 bits per heavy atom. The normalized spacial score (nSPS) is 15.0. The van der Waals surface area contributed by atoms with Crippen LogP contribution in [0.4, 0.5) is 0 Å². The van der Waals surface area contributed by atoms with E-state index in [2.05, 4.69) is 51.2 Å². The third-order valence-corrected chi connectivity index (χ3v) is 6.13. The molecule has 0 radical (unpaired) electrons. The Morgan fingerprint density at radius 2 is 2.15 bits per heavy atom. The van der Waals surface area contributed by atoms with Crippen molar-refractivity contribution in [2.75, 3.05) is 13.1 Å². The molecule has 0 saturated carbocycles. The minimum Gasteiger partial charge on any atom is -0.314 e. The van der Waals surface area contributed by atoms with E-state index in [0.29, 0.717) is 11.7 Å². The number of thiophene rings is 1. The summed E-state index contributed by atoms with van der Waals surface area (Å²) in [4.78, 5) is 14.7. The molecule has 132 valence electrons. The highest BCUT2D eigenvalue weighted by atomic mass is 32.1. The number of fused-ring (bicyclic) bond motifs is 3. The molecule has 1 aliphatic heterocycles. The van der Waals surface area contributed by atoms with Gasteiger partial charge >= 0.3 is 5.69 Å². The van der Waals surface area contributed by atoms with Gasteiger partial charge in [0.25, 0.3) is 0 Å². The van der Waals surface area contributed by atoms with Gasteiger partial charge in [-0.25, -0.2) is 14.3 Å². The molecule has 7 heteroatoms. The topological polar surface area (TPSA) is 74.2 Å². The summed E-state index contributed by atoms with van der Waals surface area (Å²) in [7, 11) is 0. The quantitative estimate of drug-likeness (QED) is 0.519. The van der Waals surface area contributed by atoms with Crippen LogP contribution in [0, 0.1) is 6.92 Å². The summed E-state index contributed by atoms with van der Waals surface area (Å²) in [5.74, 6) is 0. The van der Waals surface area contributed by atoms with Gasteiger partial charge in [-0.2, -0.15) is 5.10 Å². The maximum absolute atomic E-state index is 12.2. The standard InChI is InChI=1S/C19H19N5OS/c1-11-6-18-22-23-19(25)24(18)16-7-12(2-4-15(11)16)17-5-3-14(26-17)10-21-13-8-20-9-13/h2-7,13,20-21H,8-10H2,1H3,(H,23,25). The maximum atomic E-state index is 12.2. The molecule has 5 rings (SSSR count). The van der Waals surface area contributed by atoms with Crippen molar-refractivity contribution < 1.29 is 0 Å². The first-order valence-electron chi connectivity index (χ1n) is 8.73. The second-order valence-corrected chi connectivity index (χ2v) is 7.95. The van der Waals surface area contributed by atoms with Crippen molar-refractivity contribution in [1.29, 1.82) is 0 Å². The number of hydrogen-bond donors (Lipinski definition) is 3. The molecule has 26 heavy (non-hydrogen) atoms. The molecule has 1 fully saturated rings. The first kappa shape index (κ1) is 15.7. The number of pyridine rings is 1. The van der Waals surface area contributed by atoms with E-state index in [0.717, 1.165) is 41.7 Å². The predicted octanol–water partition coefficient (Wildman–Crippen LogP) is 2.27. The zero-order valence-corrected chi connectivity index (χ0v) is 15.2. The van der Waals surface area contributed by atoms with Crippen molar-refractivity contribution in [2.45, 2.75) is 19.5 Å². The molecule has 0 unspecified atom stereocenters. The number of benzene rings is 1. The van der Waals surface area contributed by atoms with Crippen molar-refractivity contribution in [1.82, 2.24) is 25.2 Å². The first-order valence-corrected chi connectivity index (χ1v) is 9.54. The summed E-state index contributed by atoms with van der Waals surface area (Å²) in [5.41, 5.74) is 3.59. The number of rotatable bonds is 4. The highest BCUT2D eigenvalue weighted by molar-refractivity contribution is 7.15. The lowest BCUT2D eigenvalue weighted by molar-refractivity contribution is 0.366. The lowest BCUT2D eigenvalue weighted by Crippen LogP contribution is -2.54. The van der Waals surface area contributed by atoms with Gasteiger partial charge < -0.3 is 10.6 Å². The average molecular weight is 365 g/mol. The molecule has 3 aromatic heterocycles. The van der Waals surface area contributed by atoms with Crippen molar-refractivity contribution in [3.05, 3.63) is 57.3 Å². The van der Waals surface area contributed by atoms with Crippen molar-refractivity contribution in [3.8, 4) is 10.4 Å². The molecule has 3 N–H and O–H groups in total. The lowest BCUT2D eigenvalue weighted by Gasteiger charge is -2.27. The van der Waals surface area contributed by atoms with Gasteiger partial charge in [-0.15, -0.1) is 11.3 Å². The van der Waals surface area contributed by atoms with Crippen molar-refractivity contribution in [2.24, 2.45) is 0 Å². The number of hydrogen-bond acceptors (Lipinski definition) is 5. The molecule has 0 bridgehead atoms. The van der Waals surface area contributed by atoms with E-state index in [1.165, 1.54) is 9.75 Å². The molecular formula is C19H19N5OS. The van der Waals surface area contributed by atoms with E-state index in [1.807, 2.05) is 13.0 Å². The second-order valence-electron chi connectivity index (χ2n) is 6.78. The molecule has 4 heterocycles. The van der Waals surface area contributed by atoms with Crippen LogP contribution in [-0.4, -0.2) is 33.7 Å². The van der Waals surface area contributed by atoms with E-state index in [1.54, 1.807) is 15.7 Å². The molecule has 6 nitrogen and oxygen atoms in total. The van der Waals surface area contributed by atoms with Crippen LogP contribution in [0.3, 0.4) is 0 Å². The number of nitrogens with zero attached hydrogens (tertiary/aromatic N) is 2.